The minimum atomic E-state index is 0.0272. The van der Waals surface area contributed by atoms with Crippen LogP contribution in [0.15, 0.2) is 42.7 Å². The van der Waals surface area contributed by atoms with Gasteiger partial charge < -0.3 is 10.2 Å². The molecule has 1 saturated carbocycles. The van der Waals surface area contributed by atoms with Crippen LogP contribution in [0, 0.1) is 5.92 Å². The summed E-state index contributed by atoms with van der Waals surface area (Å²) in [6.07, 6.45) is 7.06. The molecule has 0 atom stereocenters. The quantitative estimate of drug-likeness (QED) is 0.911. The van der Waals surface area contributed by atoms with Crippen LogP contribution in [-0.2, 0) is 6.42 Å². The highest BCUT2D eigenvalue weighted by molar-refractivity contribution is 5.93. The third-order valence-electron chi connectivity index (χ3n) is 5.08. The van der Waals surface area contributed by atoms with Gasteiger partial charge in [0.1, 0.15) is 17.8 Å². The number of nitrogens with zero attached hydrogens (tertiary/aromatic N) is 3. The van der Waals surface area contributed by atoms with Crippen molar-refractivity contribution in [1.29, 1.82) is 0 Å². The lowest BCUT2D eigenvalue weighted by molar-refractivity contribution is 0.0684. The predicted octanol–water partition coefficient (Wildman–Crippen LogP) is 3.15. The molecule has 1 saturated heterocycles. The van der Waals surface area contributed by atoms with E-state index in [0.29, 0.717) is 17.7 Å². The van der Waals surface area contributed by atoms with E-state index in [9.17, 15) is 4.79 Å². The van der Waals surface area contributed by atoms with Crippen LogP contribution >= 0.6 is 0 Å². The standard InChI is InChI=1S/C20H24N4O/c25-20(18-13-19(22-14-21-18)23-17-6-7-17)24-10-8-16(9-11-24)12-15-4-2-1-3-5-15/h1-5,13-14,16-17H,6-12H2,(H,21,22,23). The van der Waals surface area contributed by atoms with E-state index in [1.54, 1.807) is 6.07 Å². The van der Waals surface area contributed by atoms with Gasteiger partial charge in [-0.3, -0.25) is 4.79 Å². The number of carbonyl (C=O) groups excluding carboxylic acids is 1. The molecule has 1 aromatic carbocycles. The van der Waals surface area contributed by atoms with Gasteiger partial charge in [0.15, 0.2) is 0 Å². The van der Waals surface area contributed by atoms with Crippen molar-refractivity contribution in [2.24, 2.45) is 5.92 Å². The highest BCUT2D eigenvalue weighted by Gasteiger charge is 2.26. The van der Waals surface area contributed by atoms with Gasteiger partial charge in [-0.05, 0) is 43.6 Å². The van der Waals surface area contributed by atoms with Gasteiger partial charge in [0.2, 0.25) is 0 Å². The largest absolute Gasteiger partial charge is 0.367 e. The van der Waals surface area contributed by atoms with Gasteiger partial charge in [0.25, 0.3) is 5.91 Å². The lowest BCUT2D eigenvalue weighted by atomic mass is 9.90. The van der Waals surface area contributed by atoms with Gasteiger partial charge in [-0.25, -0.2) is 9.97 Å². The molecule has 1 aromatic heterocycles. The Kier molecular flexibility index (Phi) is 4.63. The SMILES string of the molecule is O=C(c1cc(NC2CC2)ncn1)N1CCC(Cc2ccccc2)CC1. The molecular weight excluding hydrogens is 312 g/mol. The number of carbonyl (C=O) groups is 1. The van der Waals surface area contributed by atoms with Crippen LogP contribution in [0.1, 0.15) is 41.7 Å². The molecule has 2 aromatic rings. The van der Waals surface area contributed by atoms with Crippen molar-refractivity contribution in [3.63, 3.8) is 0 Å². The van der Waals surface area contributed by atoms with Crippen LogP contribution in [0.4, 0.5) is 5.82 Å². The van der Waals surface area contributed by atoms with E-state index in [0.717, 1.165) is 38.2 Å². The number of aromatic nitrogens is 2. The minimum absolute atomic E-state index is 0.0272. The number of anilines is 1. The molecule has 5 nitrogen and oxygen atoms in total. The zero-order valence-corrected chi connectivity index (χ0v) is 14.4. The third-order valence-corrected chi connectivity index (χ3v) is 5.08. The lowest BCUT2D eigenvalue weighted by Crippen LogP contribution is -2.39. The zero-order chi connectivity index (χ0) is 17.1. The van der Waals surface area contributed by atoms with E-state index >= 15 is 0 Å². The molecule has 0 bridgehead atoms. The highest BCUT2D eigenvalue weighted by Crippen LogP contribution is 2.25. The summed E-state index contributed by atoms with van der Waals surface area (Å²) in [6.45, 7) is 1.62. The molecule has 5 heteroatoms. The van der Waals surface area contributed by atoms with Crippen LogP contribution in [0.3, 0.4) is 0 Å². The summed E-state index contributed by atoms with van der Waals surface area (Å²) in [6, 6.07) is 12.9. The second-order valence-electron chi connectivity index (χ2n) is 7.13. The van der Waals surface area contributed by atoms with Crippen molar-refractivity contribution in [1.82, 2.24) is 14.9 Å². The van der Waals surface area contributed by atoms with Crippen LogP contribution < -0.4 is 5.32 Å². The predicted molar refractivity (Wildman–Crippen MR) is 97.5 cm³/mol. The topological polar surface area (TPSA) is 58.1 Å². The second-order valence-corrected chi connectivity index (χ2v) is 7.13. The summed E-state index contributed by atoms with van der Waals surface area (Å²) in [5, 5.41) is 3.33. The first kappa shape index (κ1) is 16.1. The maximum absolute atomic E-state index is 12.7. The number of likely N-dealkylation sites (tertiary alicyclic amines) is 1. The maximum Gasteiger partial charge on any atom is 0.272 e. The summed E-state index contributed by atoms with van der Waals surface area (Å²) < 4.78 is 0. The van der Waals surface area contributed by atoms with Crippen LogP contribution in [0.5, 0.6) is 0 Å². The van der Waals surface area contributed by atoms with E-state index in [1.807, 2.05) is 4.90 Å². The van der Waals surface area contributed by atoms with E-state index in [4.69, 9.17) is 0 Å². The average Bonchev–Trinajstić information content (AvgIpc) is 3.47. The smallest absolute Gasteiger partial charge is 0.272 e. The van der Waals surface area contributed by atoms with Crippen molar-refractivity contribution in [3.8, 4) is 0 Å². The molecule has 2 fully saturated rings. The van der Waals surface area contributed by atoms with Gasteiger partial charge in [0.05, 0.1) is 0 Å². The molecule has 25 heavy (non-hydrogen) atoms. The number of nitrogens with one attached hydrogen (secondary N) is 1. The van der Waals surface area contributed by atoms with Gasteiger partial charge in [-0.2, -0.15) is 0 Å². The van der Waals surface area contributed by atoms with Crippen LogP contribution in [0.2, 0.25) is 0 Å². The molecule has 2 aliphatic rings. The number of hydrogen-bond acceptors (Lipinski definition) is 4. The second kappa shape index (κ2) is 7.21. The third kappa shape index (κ3) is 4.16. The van der Waals surface area contributed by atoms with Gasteiger partial charge in [-0.15, -0.1) is 0 Å². The van der Waals surface area contributed by atoms with E-state index in [-0.39, 0.29) is 5.91 Å². The van der Waals surface area contributed by atoms with Crippen molar-refractivity contribution in [2.75, 3.05) is 18.4 Å². The zero-order valence-electron chi connectivity index (χ0n) is 14.4. The first-order valence-corrected chi connectivity index (χ1v) is 9.20. The number of rotatable bonds is 5. The fourth-order valence-corrected chi connectivity index (χ4v) is 3.44. The van der Waals surface area contributed by atoms with Gasteiger partial charge in [-0.1, -0.05) is 30.3 Å². The molecule has 2 heterocycles. The average molecular weight is 336 g/mol. The van der Waals surface area contributed by atoms with Crippen molar-refractivity contribution >= 4 is 11.7 Å². The van der Waals surface area contributed by atoms with E-state index in [1.165, 1.54) is 24.7 Å². The Bertz CT molecular complexity index is 721. The number of benzene rings is 1. The molecule has 1 aliphatic heterocycles. The molecule has 0 spiro atoms. The van der Waals surface area contributed by atoms with E-state index in [2.05, 4.69) is 45.6 Å². The van der Waals surface area contributed by atoms with Crippen molar-refractivity contribution in [2.45, 2.75) is 38.1 Å². The Morgan fingerprint density at radius 1 is 1.08 bits per heavy atom. The van der Waals surface area contributed by atoms with E-state index < -0.39 is 0 Å². The monoisotopic (exact) mass is 336 g/mol. The van der Waals surface area contributed by atoms with Crippen LogP contribution in [0.25, 0.3) is 0 Å². The summed E-state index contributed by atoms with van der Waals surface area (Å²) in [5.41, 5.74) is 1.89. The Hall–Kier alpha value is -2.43. The molecule has 1 N–H and O–H groups in total. The Morgan fingerprint density at radius 3 is 2.56 bits per heavy atom. The first-order valence-electron chi connectivity index (χ1n) is 9.20. The molecule has 0 radical (unpaired) electrons. The van der Waals surface area contributed by atoms with Crippen molar-refractivity contribution < 1.29 is 4.79 Å². The fraction of sp³-hybridized carbons (Fsp3) is 0.450. The molecule has 130 valence electrons. The van der Waals surface area contributed by atoms with Crippen molar-refractivity contribution in [3.05, 3.63) is 54.0 Å². The number of piperidine rings is 1. The lowest BCUT2D eigenvalue weighted by Gasteiger charge is -2.32. The minimum Gasteiger partial charge on any atom is -0.367 e. The molecule has 4 rings (SSSR count). The maximum atomic E-state index is 12.7. The number of hydrogen-bond donors (Lipinski definition) is 1. The normalized spacial score (nSPS) is 18.2. The Morgan fingerprint density at radius 2 is 1.84 bits per heavy atom. The van der Waals surface area contributed by atoms with Crippen LogP contribution in [-0.4, -0.2) is 39.9 Å². The summed E-state index contributed by atoms with van der Waals surface area (Å²) in [7, 11) is 0. The van der Waals surface area contributed by atoms with Gasteiger partial charge >= 0.3 is 0 Å². The highest BCUT2D eigenvalue weighted by atomic mass is 16.2. The Labute approximate surface area is 148 Å². The molecular formula is C20H24N4O. The Balaban J connectivity index is 1.33. The molecule has 1 amide bonds. The summed E-state index contributed by atoms with van der Waals surface area (Å²) >= 11 is 0. The summed E-state index contributed by atoms with van der Waals surface area (Å²) in [5.74, 6) is 1.45. The molecule has 0 unspecified atom stereocenters. The summed E-state index contributed by atoms with van der Waals surface area (Å²) in [4.78, 5) is 23.1. The van der Waals surface area contributed by atoms with Gasteiger partial charge in [0, 0.05) is 25.2 Å². The first-order chi connectivity index (χ1) is 12.3. The number of amides is 1. The molecule has 1 aliphatic carbocycles. The fourth-order valence-electron chi connectivity index (χ4n) is 3.44.